The zero-order valence-corrected chi connectivity index (χ0v) is 12.9. The van der Waals surface area contributed by atoms with Crippen molar-refractivity contribution >= 4 is 5.91 Å². The van der Waals surface area contributed by atoms with Crippen molar-refractivity contribution in [3.8, 4) is 5.75 Å². The third-order valence-electron chi connectivity index (χ3n) is 3.59. The van der Waals surface area contributed by atoms with Crippen molar-refractivity contribution in [2.24, 2.45) is 0 Å². The number of aliphatic hydroxyl groups is 1. The van der Waals surface area contributed by atoms with Gasteiger partial charge in [0.2, 0.25) is 5.91 Å². The van der Waals surface area contributed by atoms with Crippen LogP contribution < -0.4 is 5.56 Å². The third-order valence-corrected chi connectivity index (χ3v) is 3.59. The van der Waals surface area contributed by atoms with Gasteiger partial charge in [-0.05, 0) is 30.7 Å². The Morgan fingerprint density at radius 3 is 2.70 bits per heavy atom. The fourth-order valence-corrected chi connectivity index (χ4v) is 2.29. The van der Waals surface area contributed by atoms with Crippen molar-refractivity contribution in [2.75, 3.05) is 13.1 Å². The van der Waals surface area contributed by atoms with Gasteiger partial charge in [-0.1, -0.05) is 18.2 Å². The van der Waals surface area contributed by atoms with Crippen LogP contribution in [-0.4, -0.2) is 38.7 Å². The molecule has 2 aromatic rings. The number of aromatic hydroxyl groups is 1. The fourth-order valence-electron chi connectivity index (χ4n) is 2.29. The summed E-state index contributed by atoms with van der Waals surface area (Å²) in [5.41, 5.74) is 0.290. The van der Waals surface area contributed by atoms with E-state index in [0.29, 0.717) is 12.1 Å². The summed E-state index contributed by atoms with van der Waals surface area (Å²) >= 11 is 0. The first-order valence-electron chi connectivity index (χ1n) is 7.41. The fraction of sp³-hybridized carbons (Fsp3) is 0.294. The molecule has 6 heteroatoms. The van der Waals surface area contributed by atoms with Gasteiger partial charge in [0.05, 0.1) is 12.6 Å². The predicted octanol–water partition coefficient (Wildman–Crippen LogP) is 1.14. The van der Waals surface area contributed by atoms with Gasteiger partial charge >= 0.3 is 0 Å². The Bertz CT molecular complexity index is 726. The van der Waals surface area contributed by atoms with Crippen molar-refractivity contribution in [1.29, 1.82) is 0 Å². The molecule has 6 nitrogen and oxygen atoms in total. The summed E-state index contributed by atoms with van der Waals surface area (Å²) in [4.78, 5) is 25.5. The minimum Gasteiger partial charge on any atom is -0.508 e. The number of benzene rings is 1. The van der Waals surface area contributed by atoms with Crippen molar-refractivity contribution in [1.82, 2.24) is 9.47 Å². The Morgan fingerprint density at radius 2 is 2.04 bits per heavy atom. The number of amides is 1. The molecule has 2 rings (SSSR count). The molecule has 1 aromatic heterocycles. The number of pyridine rings is 1. The quantitative estimate of drug-likeness (QED) is 0.837. The predicted molar refractivity (Wildman–Crippen MR) is 86.0 cm³/mol. The van der Waals surface area contributed by atoms with Crippen LogP contribution in [0.1, 0.15) is 18.6 Å². The van der Waals surface area contributed by atoms with Gasteiger partial charge in [0.1, 0.15) is 12.3 Å². The number of hydrogen-bond donors (Lipinski definition) is 2. The number of aromatic nitrogens is 1. The molecule has 2 N–H and O–H groups in total. The molecule has 0 saturated heterocycles. The molecule has 1 atom stereocenters. The summed E-state index contributed by atoms with van der Waals surface area (Å²) in [5.74, 6) is -0.188. The largest absolute Gasteiger partial charge is 0.508 e. The summed E-state index contributed by atoms with van der Waals surface area (Å²) in [6.45, 7) is 2.25. The number of carbonyl (C=O) groups is 1. The molecular weight excluding hydrogens is 296 g/mol. The van der Waals surface area contributed by atoms with Gasteiger partial charge in [-0.25, -0.2) is 0 Å². The van der Waals surface area contributed by atoms with E-state index in [0.717, 1.165) is 0 Å². The Balaban J connectivity index is 2.06. The second kappa shape index (κ2) is 7.60. The summed E-state index contributed by atoms with van der Waals surface area (Å²) in [6.07, 6.45) is 0.651. The van der Waals surface area contributed by atoms with Crippen molar-refractivity contribution in [3.63, 3.8) is 0 Å². The molecule has 0 spiro atoms. The second-order valence-electron chi connectivity index (χ2n) is 5.21. The van der Waals surface area contributed by atoms with Crippen LogP contribution in [0.5, 0.6) is 5.75 Å². The summed E-state index contributed by atoms with van der Waals surface area (Å²) in [5, 5.41) is 19.7. The number of rotatable bonds is 6. The van der Waals surface area contributed by atoms with Gasteiger partial charge in [0.25, 0.3) is 5.56 Å². The van der Waals surface area contributed by atoms with Crippen LogP contribution >= 0.6 is 0 Å². The smallest absolute Gasteiger partial charge is 0.250 e. The molecule has 0 saturated carbocycles. The molecule has 0 fully saturated rings. The molecule has 122 valence electrons. The molecule has 1 unspecified atom stereocenters. The molecular formula is C17H20N2O4. The van der Waals surface area contributed by atoms with Crippen molar-refractivity contribution in [3.05, 3.63) is 64.6 Å². The minimum absolute atomic E-state index is 0.0618. The monoisotopic (exact) mass is 316 g/mol. The lowest BCUT2D eigenvalue weighted by Gasteiger charge is -2.24. The van der Waals surface area contributed by atoms with E-state index in [9.17, 15) is 19.8 Å². The van der Waals surface area contributed by atoms with E-state index in [-0.39, 0.29) is 30.3 Å². The zero-order valence-electron chi connectivity index (χ0n) is 12.9. The summed E-state index contributed by atoms with van der Waals surface area (Å²) in [7, 11) is 0. The van der Waals surface area contributed by atoms with Crippen LogP contribution in [0.15, 0.2) is 53.5 Å². The van der Waals surface area contributed by atoms with Crippen LogP contribution in [0.25, 0.3) is 0 Å². The highest BCUT2D eigenvalue weighted by atomic mass is 16.3. The van der Waals surface area contributed by atoms with E-state index in [1.54, 1.807) is 37.4 Å². The van der Waals surface area contributed by atoms with Gasteiger partial charge in [-0.2, -0.15) is 0 Å². The average molecular weight is 316 g/mol. The van der Waals surface area contributed by atoms with Crippen molar-refractivity contribution in [2.45, 2.75) is 19.6 Å². The molecule has 1 aromatic carbocycles. The highest BCUT2D eigenvalue weighted by Gasteiger charge is 2.18. The van der Waals surface area contributed by atoms with Crippen LogP contribution in [0, 0.1) is 0 Å². The first kappa shape index (κ1) is 16.8. The highest BCUT2D eigenvalue weighted by molar-refractivity contribution is 5.76. The maximum absolute atomic E-state index is 12.3. The number of aliphatic hydroxyl groups excluding tert-OH is 1. The number of nitrogens with zero attached hydrogens (tertiary/aromatic N) is 2. The van der Waals surface area contributed by atoms with Crippen LogP contribution in [0.2, 0.25) is 0 Å². The van der Waals surface area contributed by atoms with Gasteiger partial charge < -0.3 is 19.7 Å². The molecule has 0 aliphatic rings. The van der Waals surface area contributed by atoms with Gasteiger partial charge in [-0.15, -0.1) is 0 Å². The number of carbonyl (C=O) groups excluding carboxylic acids is 1. The molecule has 0 aliphatic heterocycles. The number of likely N-dealkylation sites (N-methyl/N-ethyl adjacent to an activating group) is 1. The first-order valence-corrected chi connectivity index (χ1v) is 7.41. The molecule has 0 radical (unpaired) electrons. The lowest BCUT2D eigenvalue weighted by Crippen LogP contribution is -2.38. The number of phenols is 1. The van der Waals surface area contributed by atoms with Crippen molar-refractivity contribution < 1.29 is 15.0 Å². The zero-order chi connectivity index (χ0) is 16.8. The molecule has 1 amide bonds. The van der Waals surface area contributed by atoms with Gasteiger partial charge in [-0.3, -0.25) is 9.59 Å². The van der Waals surface area contributed by atoms with E-state index in [1.165, 1.54) is 27.7 Å². The molecule has 23 heavy (non-hydrogen) atoms. The highest BCUT2D eigenvalue weighted by Crippen LogP contribution is 2.19. The van der Waals surface area contributed by atoms with Crippen LogP contribution in [0.4, 0.5) is 0 Å². The molecule has 1 heterocycles. The molecule has 0 aliphatic carbocycles. The maximum atomic E-state index is 12.3. The normalized spacial score (nSPS) is 11.9. The van der Waals surface area contributed by atoms with E-state index >= 15 is 0 Å². The second-order valence-corrected chi connectivity index (χ2v) is 5.21. The summed E-state index contributed by atoms with van der Waals surface area (Å²) < 4.78 is 1.33. The Morgan fingerprint density at radius 1 is 1.26 bits per heavy atom. The Kier molecular flexibility index (Phi) is 5.54. The Hall–Kier alpha value is -2.60. The van der Waals surface area contributed by atoms with Crippen LogP contribution in [0.3, 0.4) is 0 Å². The lowest BCUT2D eigenvalue weighted by atomic mass is 10.1. The lowest BCUT2D eigenvalue weighted by molar-refractivity contribution is -0.133. The minimum atomic E-state index is -0.904. The van der Waals surface area contributed by atoms with Gasteiger partial charge in [0.15, 0.2) is 0 Å². The summed E-state index contributed by atoms with van der Waals surface area (Å²) in [6, 6.07) is 11.0. The van der Waals surface area contributed by atoms with Gasteiger partial charge in [0, 0.05) is 18.8 Å². The SMILES string of the molecule is CCN(CC(O)c1cccc(O)c1)C(=O)Cn1ccccc1=O. The topological polar surface area (TPSA) is 82.8 Å². The van der Waals surface area contributed by atoms with Crippen LogP contribution in [-0.2, 0) is 11.3 Å². The standard InChI is InChI=1S/C17H20N2O4/c1-2-18(11-15(21)13-6-5-7-14(20)10-13)17(23)12-19-9-4-3-8-16(19)22/h3-10,15,20-21H,2,11-12H2,1H3. The van der Waals surface area contributed by atoms with E-state index in [4.69, 9.17) is 0 Å². The van der Waals surface area contributed by atoms with E-state index in [1.807, 2.05) is 0 Å². The number of phenolic OH excluding ortho intramolecular Hbond substituents is 1. The van der Waals surface area contributed by atoms with E-state index in [2.05, 4.69) is 0 Å². The third kappa shape index (κ3) is 4.43. The molecule has 0 bridgehead atoms. The Labute approximate surface area is 134 Å². The number of hydrogen-bond acceptors (Lipinski definition) is 4. The maximum Gasteiger partial charge on any atom is 0.250 e. The average Bonchev–Trinajstić information content (AvgIpc) is 2.54. The van der Waals surface area contributed by atoms with E-state index < -0.39 is 6.10 Å². The first-order chi connectivity index (χ1) is 11.0.